The van der Waals surface area contributed by atoms with Gasteiger partial charge in [0.15, 0.2) is 6.10 Å². The molecule has 1 aromatic carbocycles. The SMILES string of the molecule is CC(OC(=O)c1cc(F)c(Cl)cc1Cl)c1nc(-c2cccnc2)no1. The van der Waals surface area contributed by atoms with Crippen molar-refractivity contribution in [1.29, 1.82) is 0 Å². The molecule has 0 radical (unpaired) electrons. The molecule has 2 aromatic heterocycles. The standard InChI is InChI=1S/C16H10Cl2FN3O3/c1-8(15-21-14(22-25-15)9-3-2-4-20-7-9)24-16(23)10-5-13(19)12(18)6-11(10)17/h2-8H,1H3. The third-order valence-corrected chi connectivity index (χ3v) is 3.83. The van der Waals surface area contributed by atoms with Crippen molar-refractivity contribution in [3.63, 3.8) is 0 Å². The fraction of sp³-hybridized carbons (Fsp3) is 0.125. The lowest BCUT2D eigenvalue weighted by molar-refractivity contribution is 0.0265. The van der Waals surface area contributed by atoms with Crippen molar-refractivity contribution in [3.05, 3.63) is 64.0 Å². The van der Waals surface area contributed by atoms with Gasteiger partial charge in [-0.15, -0.1) is 0 Å². The van der Waals surface area contributed by atoms with Gasteiger partial charge in [-0.1, -0.05) is 28.4 Å². The molecule has 0 saturated heterocycles. The highest BCUT2D eigenvalue weighted by atomic mass is 35.5. The van der Waals surface area contributed by atoms with Crippen LogP contribution in [0.15, 0.2) is 41.2 Å². The van der Waals surface area contributed by atoms with Crippen LogP contribution >= 0.6 is 23.2 Å². The quantitative estimate of drug-likeness (QED) is 0.489. The molecule has 0 saturated carbocycles. The maximum absolute atomic E-state index is 13.5. The minimum absolute atomic E-state index is 0.0230. The first-order valence-corrected chi connectivity index (χ1v) is 7.81. The molecule has 0 bridgehead atoms. The van der Waals surface area contributed by atoms with Crippen LogP contribution in [0, 0.1) is 5.82 Å². The molecule has 0 N–H and O–H groups in total. The fourth-order valence-electron chi connectivity index (χ4n) is 1.97. The summed E-state index contributed by atoms with van der Waals surface area (Å²) < 4.78 is 23.8. The monoisotopic (exact) mass is 381 g/mol. The average molecular weight is 382 g/mol. The predicted octanol–water partition coefficient (Wildman–Crippen LogP) is 4.50. The van der Waals surface area contributed by atoms with Gasteiger partial charge >= 0.3 is 5.97 Å². The van der Waals surface area contributed by atoms with E-state index < -0.39 is 17.9 Å². The zero-order valence-corrected chi connectivity index (χ0v) is 14.3. The summed E-state index contributed by atoms with van der Waals surface area (Å²) >= 11 is 11.5. The number of esters is 1. The van der Waals surface area contributed by atoms with Gasteiger partial charge in [0.2, 0.25) is 5.82 Å². The van der Waals surface area contributed by atoms with Crippen LogP contribution in [0.3, 0.4) is 0 Å². The van der Waals surface area contributed by atoms with Crippen molar-refractivity contribution in [1.82, 2.24) is 15.1 Å². The molecule has 0 aliphatic rings. The molecule has 3 rings (SSSR count). The lowest BCUT2D eigenvalue weighted by atomic mass is 10.2. The van der Waals surface area contributed by atoms with Gasteiger partial charge in [0.25, 0.3) is 5.89 Å². The van der Waals surface area contributed by atoms with Crippen LogP contribution in [0.5, 0.6) is 0 Å². The number of hydrogen-bond acceptors (Lipinski definition) is 6. The summed E-state index contributed by atoms with van der Waals surface area (Å²) in [5.74, 6) is -1.23. The molecule has 25 heavy (non-hydrogen) atoms. The average Bonchev–Trinajstić information content (AvgIpc) is 3.09. The molecular weight excluding hydrogens is 372 g/mol. The Hall–Kier alpha value is -2.51. The molecule has 0 aliphatic heterocycles. The van der Waals surface area contributed by atoms with E-state index in [0.29, 0.717) is 11.4 Å². The van der Waals surface area contributed by atoms with Crippen molar-refractivity contribution in [2.24, 2.45) is 0 Å². The van der Waals surface area contributed by atoms with Crippen molar-refractivity contribution in [2.75, 3.05) is 0 Å². The molecule has 0 aliphatic carbocycles. The molecular formula is C16H10Cl2FN3O3. The third kappa shape index (κ3) is 3.78. The summed E-state index contributed by atoms with van der Waals surface area (Å²) in [7, 11) is 0. The zero-order valence-electron chi connectivity index (χ0n) is 12.7. The molecule has 0 spiro atoms. The van der Waals surface area contributed by atoms with Gasteiger partial charge in [0, 0.05) is 18.0 Å². The molecule has 3 aromatic rings. The van der Waals surface area contributed by atoms with E-state index in [0.717, 1.165) is 12.1 Å². The normalized spacial score (nSPS) is 12.0. The maximum Gasteiger partial charge on any atom is 0.340 e. The van der Waals surface area contributed by atoms with E-state index in [1.807, 2.05) is 0 Å². The van der Waals surface area contributed by atoms with E-state index in [9.17, 15) is 9.18 Å². The molecule has 1 unspecified atom stereocenters. The number of benzene rings is 1. The summed E-state index contributed by atoms with van der Waals surface area (Å²) in [5.41, 5.74) is 0.501. The van der Waals surface area contributed by atoms with E-state index >= 15 is 0 Å². The summed E-state index contributed by atoms with van der Waals surface area (Å²) in [5, 5.41) is 3.60. The Morgan fingerprint density at radius 1 is 1.32 bits per heavy atom. The van der Waals surface area contributed by atoms with E-state index in [1.165, 1.54) is 0 Å². The van der Waals surface area contributed by atoms with Crippen LogP contribution in [0.2, 0.25) is 10.0 Å². The summed E-state index contributed by atoms with van der Waals surface area (Å²) in [6, 6.07) is 5.53. The van der Waals surface area contributed by atoms with Gasteiger partial charge in [-0.2, -0.15) is 4.98 Å². The van der Waals surface area contributed by atoms with Gasteiger partial charge in [-0.05, 0) is 31.2 Å². The molecule has 1 atom stereocenters. The Kier molecular flexibility index (Phi) is 4.96. The highest BCUT2D eigenvalue weighted by Gasteiger charge is 2.22. The first-order chi connectivity index (χ1) is 12.0. The van der Waals surface area contributed by atoms with Gasteiger partial charge < -0.3 is 9.26 Å². The van der Waals surface area contributed by atoms with Crippen molar-refractivity contribution in [3.8, 4) is 11.4 Å². The Morgan fingerprint density at radius 2 is 2.12 bits per heavy atom. The third-order valence-electron chi connectivity index (χ3n) is 3.22. The molecule has 0 amide bonds. The minimum Gasteiger partial charge on any atom is -0.449 e. The number of rotatable bonds is 4. The highest BCUT2D eigenvalue weighted by Crippen LogP contribution is 2.27. The number of carbonyl (C=O) groups is 1. The lowest BCUT2D eigenvalue weighted by Crippen LogP contribution is -2.10. The first-order valence-electron chi connectivity index (χ1n) is 7.05. The number of carbonyl (C=O) groups excluding carboxylic acids is 1. The second-order valence-electron chi connectivity index (χ2n) is 4.99. The molecule has 128 valence electrons. The van der Waals surface area contributed by atoms with Crippen LogP contribution < -0.4 is 0 Å². The van der Waals surface area contributed by atoms with Crippen LogP contribution in [-0.2, 0) is 4.74 Å². The van der Waals surface area contributed by atoms with E-state index in [2.05, 4.69) is 15.1 Å². The zero-order chi connectivity index (χ0) is 18.0. The van der Waals surface area contributed by atoms with Gasteiger partial charge in [-0.25, -0.2) is 9.18 Å². The summed E-state index contributed by atoms with van der Waals surface area (Å²) in [6.45, 7) is 1.54. The van der Waals surface area contributed by atoms with Gasteiger partial charge in [0.1, 0.15) is 5.82 Å². The van der Waals surface area contributed by atoms with Crippen LogP contribution in [0.25, 0.3) is 11.4 Å². The molecule has 0 fully saturated rings. The van der Waals surface area contributed by atoms with E-state index in [4.69, 9.17) is 32.5 Å². The number of hydrogen-bond donors (Lipinski definition) is 0. The van der Waals surface area contributed by atoms with Gasteiger partial charge in [0.05, 0.1) is 15.6 Å². The Labute approximate surface area is 151 Å². The smallest absolute Gasteiger partial charge is 0.340 e. The maximum atomic E-state index is 13.5. The van der Waals surface area contributed by atoms with E-state index in [-0.39, 0.29) is 21.5 Å². The highest BCUT2D eigenvalue weighted by molar-refractivity contribution is 6.36. The largest absolute Gasteiger partial charge is 0.449 e. The number of nitrogens with zero attached hydrogens (tertiary/aromatic N) is 3. The van der Waals surface area contributed by atoms with Crippen molar-refractivity contribution < 1.29 is 18.4 Å². The van der Waals surface area contributed by atoms with Crippen LogP contribution in [-0.4, -0.2) is 21.1 Å². The van der Waals surface area contributed by atoms with Crippen LogP contribution in [0.4, 0.5) is 4.39 Å². The summed E-state index contributed by atoms with van der Waals surface area (Å²) in [4.78, 5) is 20.3. The Bertz CT molecular complexity index is 918. The Morgan fingerprint density at radius 3 is 2.84 bits per heavy atom. The Balaban J connectivity index is 1.76. The van der Waals surface area contributed by atoms with Gasteiger partial charge in [-0.3, -0.25) is 4.98 Å². The van der Waals surface area contributed by atoms with Crippen molar-refractivity contribution in [2.45, 2.75) is 13.0 Å². The molecule has 9 heteroatoms. The number of aromatic nitrogens is 3. The second-order valence-corrected chi connectivity index (χ2v) is 5.81. The van der Waals surface area contributed by atoms with Crippen molar-refractivity contribution >= 4 is 29.2 Å². The minimum atomic E-state index is -0.861. The second kappa shape index (κ2) is 7.16. The first kappa shape index (κ1) is 17.3. The predicted molar refractivity (Wildman–Crippen MR) is 87.8 cm³/mol. The topological polar surface area (TPSA) is 78.1 Å². The molecule has 6 nitrogen and oxygen atoms in total. The van der Waals surface area contributed by atoms with E-state index in [1.54, 1.807) is 31.5 Å². The van der Waals surface area contributed by atoms with Crippen LogP contribution in [0.1, 0.15) is 29.3 Å². The number of halogens is 3. The number of ether oxygens (including phenoxy) is 1. The lowest BCUT2D eigenvalue weighted by Gasteiger charge is -2.10. The number of pyridine rings is 1. The summed E-state index contributed by atoms with van der Waals surface area (Å²) in [6.07, 6.45) is 2.33. The molecule has 2 heterocycles. The fourth-order valence-corrected chi connectivity index (χ4v) is 2.43.